The Morgan fingerprint density at radius 3 is 2.52 bits per heavy atom. The molecule has 4 aromatic rings. The summed E-state index contributed by atoms with van der Waals surface area (Å²) in [6.45, 7) is 0. The average Bonchev–Trinajstić information content (AvgIpc) is 3.25. The second kappa shape index (κ2) is 8.55. The van der Waals surface area contributed by atoms with Gasteiger partial charge in [0.1, 0.15) is 11.6 Å². The number of carbonyl (C=O) groups is 1. The normalized spacial score (nSPS) is 18.6. The second-order valence-electron chi connectivity index (χ2n) is 7.71. The number of amides is 1. The van der Waals surface area contributed by atoms with Crippen LogP contribution in [0.15, 0.2) is 71.5 Å². The van der Waals surface area contributed by atoms with Crippen molar-refractivity contribution in [1.29, 1.82) is 0 Å². The van der Waals surface area contributed by atoms with Gasteiger partial charge in [0.05, 0.1) is 5.39 Å². The van der Waals surface area contributed by atoms with Gasteiger partial charge in [-0.1, -0.05) is 35.5 Å². The molecule has 2 heterocycles. The van der Waals surface area contributed by atoms with Crippen molar-refractivity contribution in [2.45, 2.75) is 37.8 Å². The summed E-state index contributed by atoms with van der Waals surface area (Å²) >= 11 is 0. The van der Waals surface area contributed by atoms with E-state index < -0.39 is 0 Å². The van der Waals surface area contributed by atoms with E-state index in [1.165, 1.54) is 0 Å². The first kappa shape index (κ1) is 19.2. The van der Waals surface area contributed by atoms with Crippen LogP contribution in [0.1, 0.15) is 36.0 Å². The first-order valence-corrected chi connectivity index (χ1v) is 10.5. The molecule has 5 rings (SSSR count). The maximum absolute atomic E-state index is 12.9. The van der Waals surface area contributed by atoms with Gasteiger partial charge in [-0.15, -0.1) is 0 Å². The first-order valence-electron chi connectivity index (χ1n) is 10.5. The molecule has 1 aliphatic rings. The maximum Gasteiger partial charge on any atom is 0.316 e. The number of fused-ring (bicyclic) bond motifs is 1. The minimum atomic E-state index is -0.0853. The lowest BCUT2D eigenvalue weighted by molar-refractivity contribution is 0.0885. The number of ether oxygens (including phenoxy) is 1. The number of nitrogens with zero attached hydrogens (tertiary/aromatic N) is 3. The fraction of sp³-hybridized carbons (Fsp3) is 0.250. The summed E-state index contributed by atoms with van der Waals surface area (Å²) in [6, 6.07) is 17.5. The molecule has 0 radical (unpaired) electrons. The largest absolute Gasteiger partial charge is 0.460 e. The molecule has 0 atom stereocenters. The van der Waals surface area contributed by atoms with Gasteiger partial charge in [-0.05, 0) is 49.9 Å². The summed E-state index contributed by atoms with van der Waals surface area (Å²) in [7, 11) is 0. The molecule has 7 nitrogen and oxygen atoms in total. The number of aromatic nitrogens is 3. The molecule has 1 N–H and O–H groups in total. The monoisotopic (exact) mass is 414 g/mol. The van der Waals surface area contributed by atoms with Crippen LogP contribution in [0.3, 0.4) is 0 Å². The summed E-state index contributed by atoms with van der Waals surface area (Å²) in [5.41, 5.74) is 2.27. The van der Waals surface area contributed by atoms with Crippen molar-refractivity contribution in [2.24, 2.45) is 0 Å². The van der Waals surface area contributed by atoms with Crippen LogP contribution in [0.5, 0.6) is 6.01 Å². The standard InChI is InChI=1S/C24H22N4O3/c29-23(27-18-8-10-19(11-9-18)30-24-25-13-4-14-26-24)17-7-12-21-20(15-17)22(31-28-21)16-5-2-1-3-6-16/h1-7,12-15,18-19H,8-11H2,(H,27,29). The van der Waals surface area contributed by atoms with Crippen LogP contribution in [0, 0.1) is 0 Å². The number of benzene rings is 2. The molecular formula is C24H22N4O3. The highest BCUT2D eigenvalue weighted by Crippen LogP contribution is 2.29. The average molecular weight is 414 g/mol. The van der Waals surface area contributed by atoms with Crippen molar-refractivity contribution in [3.05, 3.63) is 72.6 Å². The van der Waals surface area contributed by atoms with Crippen LogP contribution >= 0.6 is 0 Å². The van der Waals surface area contributed by atoms with Gasteiger partial charge in [0.2, 0.25) is 0 Å². The van der Waals surface area contributed by atoms with Gasteiger partial charge in [-0.25, -0.2) is 9.97 Å². The molecular weight excluding hydrogens is 392 g/mol. The smallest absolute Gasteiger partial charge is 0.316 e. The molecule has 0 unspecified atom stereocenters. The van der Waals surface area contributed by atoms with E-state index in [0.29, 0.717) is 17.3 Å². The predicted octanol–water partition coefficient (Wildman–Crippen LogP) is 4.40. The molecule has 1 fully saturated rings. The Morgan fingerprint density at radius 2 is 1.74 bits per heavy atom. The van der Waals surface area contributed by atoms with Crippen LogP contribution < -0.4 is 10.1 Å². The molecule has 1 saturated carbocycles. The topological polar surface area (TPSA) is 90.1 Å². The van der Waals surface area contributed by atoms with Crippen molar-refractivity contribution in [3.63, 3.8) is 0 Å². The van der Waals surface area contributed by atoms with Crippen molar-refractivity contribution in [2.75, 3.05) is 0 Å². The Bertz CT molecular complexity index is 1170. The number of rotatable bonds is 5. The molecule has 0 aliphatic heterocycles. The van der Waals surface area contributed by atoms with E-state index in [1.807, 2.05) is 42.5 Å². The van der Waals surface area contributed by atoms with Crippen LogP contribution in [-0.2, 0) is 0 Å². The van der Waals surface area contributed by atoms with E-state index in [9.17, 15) is 4.79 Å². The molecule has 7 heteroatoms. The lowest BCUT2D eigenvalue weighted by Gasteiger charge is -2.28. The van der Waals surface area contributed by atoms with Crippen molar-refractivity contribution < 1.29 is 14.1 Å². The minimum Gasteiger partial charge on any atom is -0.460 e. The Morgan fingerprint density at radius 1 is 0.968 bits per heavy atom. The van der Waals surface area contributed by atoms with Gasteiger partial charge in [0.25, 0.3) is 5.91 Å². The zero-order chi connectivity index (χ0) is 21.0. The van der Waals surface area contributed by atoms with E-state index in [4.69, 9.17) is 9.26 Å². The van der Waals surface area contributed by atoms with Crippen molar-refractivity contribution in [3.8, 4) is 17.3 Å². The number of nitrogens with one attached hydrogen (secondary N) is 1. The Labute approximate surface area is 179 Å². The molecule has 2 aromatic heterocycles. The Hall–Kier alpha value is -3.74. The van der Waals surface area contributed by atoms with Gasteiger partial charge in [0.15, 0.2) is 5.76 Å². The van der Waals surface area contributed by atoms with Gasteiger partial charge >= 0.3 is 6.01 Å². The van der Waals surface area contributed by atoms with E-state index >= 15 is 0 Å². The number of hydrogen-bond donors (Lipinski definition) is 1. The van der Waals surface area contributed by atoms with E-state index in [0.717, 1.165) is 42.1 Å². The number of carbonyl (C=O) groups excluding carboxylic acids is 1. The minimum absolute atomic E-state index is 0.0809. The van der Waals surface area contributed by atoms with E-state index in [-0.39, 0.29) is 18.1 Å². The van der Waals surface area contributed by atoms with Crippen LogP contribution in [0.2, 0.25) is 0 Å². The molecule has 1 amide bonds. The van der Waals surface area contributed by atoms with Crippen molar-refractivity contribution in [1.82, 2.24) is 20.4 Å². The highest BCUT2D eigenvalue weighted by Gasteiger charge is 2.25. The maximum atomic E-state index is 12.9. The predicted molar refractivity (Wildman–Crippen MR) is 116 cm³/mol. The highest BCUT2D eigenvalue weighted by atomic mass is 16.5. The molecule has 2 aromatic carbocycles. The van der Waals surface area contributed by atoms with Crippen LogP contribution in [-0.4, -0.2) is 33.2 Å². The van der Waals surface area contributed by atoms with E-state index in [2.05, 4.69) is 20.4 Å². The zero-order valence-corrected chi connectivity index (χ0v) is 16.9. The molecule has 0 spiro atoms. The lowest BCUT2D eigenvalue weighted by atomic mass is 9.92. The third-order valence-corrected chi connectivity index (χ3v) is 5.60. The number of hydrogen-bond acceptors (Lipinski definition) is 6. The highest BCUT2D eigenvalue weighted by molar-refractivity contribution is 6.01. The van der Waals surface area contributed by atoms with Gasteiger partial charge in [0, 0.05) is 29.6 Å². The van der Waals surface area contributed by atoms with Gasteiger partial charge in [-0.2, -0.15) is 0 Å². The fourth-order valence-corrected chi connectivity index (χ4v) is 3.97. The molecule has 156 valence electrons. The lowest BCUT2D eigenvalue weighted by Crippen LogP contribution is -2.39. The quantitative estimate of drug-likeness (QED) is 0.520. The Kier molecular flexibility index (Phi) is 5.31. The third-order valence-electron chi connectivity index (χ3n) is 5.60. The zero-order valence-electron chi connectivity index (χ0n) is 16.9. The second-order valence-corrected chi connectivity index (χ2v) is 7.71. The SMILES string of the molecule is O=C(NC1CCC(Oc2ncccn2)CC1)c1ccc2noc(-c3ccccc3)c2c1. The fourth-order valence-electron chi connectivity index (χ4n) is 3.97. The van der Waals surface area contributed by atoms with Gasteiger partial charge in [-0.3, -0.25) is 4.79 Å². The molecule has 0 bridgehead atoms. The van der Waals surface area contributed by atoms with Gasteiger partial charge < -0.3 is 14.6 Å². The summed E-state index contributed by atoms with van der Waals surface area (Å²) in [4.78, 5) is 21.1. The molecule has 31 heavy (non-hydrogen) atoms. The Balaban J connectivity index is 1.24. The van der Waals surface area contributed by atoms with Crippen molar-refractivity contribution >= 4 is 16.8 Å². The summed E-state index contributed by atoms with van der Waals surface area (Å²) in [5.74, 6) is 0.587. The van der Waals surface area contributed by atoms with Crippen LogP contribution in [0.25, 0.3) is 22.2 Å². The summed E-state index contributed by atoms with van der Waals surface area (Å²) < 4.78 is 11.4. The summed E-state index contributed by atoms with van der Waals surface area (Å²) in [6.07, 6.45) is 6.84. The first-order chi connectivity index (χ1) is 15.3. The molecule has 1 aliphatic carbocycles. The third kappa shape index (κ3) is 4.26. The van der Waals surface area contributed by atoms with E-state index in [1.54, 1.807) is 24.5 Å². The molecule has 0 saturated heterocycles. The van der Waals surface area contributed by atoms with Crippen LogP contribution in [0.4, 0.5) is 0 Å². The summed E-state index contributed by atoms with van der Waals surface area (Å²) in [5, 5.41) is 8.11.